The molecule has 4 fully saturated rings. The third kappa shape index (κ3) is 24.2. The van der Waals surface area contributed by atoms with Crippen LogP contribution in [0.25, 0.3) is 0 Å². The third-order valence-electron chi connectivity index (χ3n) is 14.2. The number of esters is 3. The highest BCUT2D eigenvalue weighted by molar-refractivity contribution is 5.87. The number of hydrogen-bond acceptors (Lipinski definition) is 8. The highest BCUT2D eigenvalue weighted by atomic mass is 16.6. The summed E-state index contributed by atoms with van der Waals surface area (Å²) in [5, 5.41) is 3.30. The van der Waals surface area contributed by atoms with Crippen LogP contribution in [-0.2, 0) is 33.4 Å². The Morgan fingerprint density at radius 3 is 1.41 bits per heavy atom. The highest BCUT2D eigenvalue weighted by Crippen LogP contribution is 2.66. The number of rotatable bonds is 39. The number of carbonyl (C=O) groups is 4. The molecule has 0 aliphatic heterocycles. The molecule has 4 unspecified atom stereocenters. The van der Waals surface area contributed by atoms with Crippen molar-refractivity contribution in [3.8, 4) is 0 Å². The van der Waals surface area contributed by atoms with Gasteiger partial charge in [0.1, 0.15) is 13.2 Å². The van der Waals surface area contributed by atoms with E-state index >= 15 is 0 Å². The Kier molecular flexibility index (Phi) is 27.9. The average molecular weight is 897 g/mol. The van der Waals surface area contributed by atoms with E-state index in [0.29, 0.717) is 12.3 Å². The molecule has 64 heavy (non-hydrogen) atoms. The summed E-state index contributed by atoms with van der Waals surface area (Å²) < 4.78 is 16.8. The predicted octanol–water partition coefficient (Wildman–Crippen LogP) is 13.6. The van der Waals surface area contributed by atoms with Gasteiger partial charge in [-0.1, -0.05) is 155 Å². The van der Waals surface area contributed by atoms with Crippen LogP contribution in [-0.4, -0.2) is 54.7 Å². The van der Waals surface area contributed by atoms with Crippen molar-refractivity contribution in [3.63, 3.8) is 0 Å². The second-order valence-electron chi connectivity index (χ2n) is 21.4. The van der Waals surface area contributed by atoms with Crippen molar-refractivity contribution >= 4 is 23.8 Å². The van der Waals surface area contributed by atoms with Crippen molar-refractivity contribution < 1.29 is 33.4 Å². The minimum atomic E-state index is -1.05. The standard InChI is InChI=1S/C55H96N2O7/c1-5-7-9-11-13-15-17-19-21-23-25-27-29-31-33-35-49(58)62-41-47(64-50(59)36-34-32-30-28-26-24-22-20-18-16-14-12-10-8-6-2)42-63-51(60)37-48(56)52(61)57-55-40-46-38-53(3,44-55)43-54(4,39-46)45-55/h19-22,46-48H,5-18,23-45,56H2,1-4H3,(H,57,61). The summed E-state index contributed by atoms with van der Waals surface area (Å²) in [6.45, 7) is 8.75. The van der Waals surface area contributed by atoms with E-state index in [4.69, 9.17) is 19.9 Å². The minimum absolute atomic E-state index is 0.191. The van der Waals surface area contributed by atoms with Crippen molar-refractivity contribution in [1.82, 2.24) is 5.32 Å². The summed E-state index contributed by atoms with van der Waals surface area (Å²) in [6, 6.07) is -1.05. The predicted molar refractivity (Wildman–Crippen MR) is 262 cm³/mol. The number of amides is 1. The van der Waals surface area contributed by atoms with Gasteiger partial charge in [0, 0.05) is 18.4 Å². The smallest absolute Gasteiger partial charge is 0.308 e. The Morgan fingerprint density at radius 2 is 0.953 bits per heavy atom. The molecule has 4 aliphatic carbocycles. The minimum Gasteiger partial charge on any atom is -0.462 e. The lowest BCUT2D eigenvalue weighted by Crippen LogP contribution is -2.66. The van der Waals surface area contributed by atoms with E-state index in [9.17, 15) is 19.2 Å². The number of carbonyl (C=O) groups excluding carboxylic acids is 4. The monoisotopic (exact) mass is 897 g/mol. The van der Waals surface area contributed by atoms with E-state index in [1.54, 1.807) is 0 Å². The van der Waals surface area contributed by atoms with Gasteiger partial charge in [0.15, 0.2) is 6.10 Å². The normalized spacial score (nSPS) is 23.4. The van der Waals surface area contributed by atoms with Crippen molar-refractivity contribution in [3.05, 3.63) is 24.3 Å². The first-order valence-electron chi connectivity index (χ1n) is 26.8. The summed E-state index contributed by atoms with van der Waals surface area (Å²) in [6.07, 6.45) is 45.7. The topological polar surface area (TPSA) is 134 Å². The van der Waals surface area contributed by atoms with Gasteiger partial charge in [0.25, 0.3) is 0 Å². The molecule has 0 aromatic rings. The van der Waals surface area contributed by atoms with Gasteiger partial charge in [-0.05, 0) is 119 Å². The molecule has 3 N–H and O–H groups in total. The molecule has 0 heterocycles. The maximum absolute atomic E-state index is 13.4. The molecule has 0 aromatic carbocycles. The molecule has 368 valence electrons. The average Bonchev–Trinajstić information content (AvgIpc) is 3.23. The Balaban J connectivity index is 1.34. The highest BCUT2D eigenvalue weighted by Gasteiger charge is 2.60. The Hall–Kier alpha value is -2.68. The van der Waals surface area contributed by atoms with Gasteiger partial charge in [-0.25, -0.2) is 0 Å². The quantitative estimate of drug-likeness (QED) is 0.0270. The maximum Gasteiger partial charge on any atom is 0.308 e. The van der Waals surface area contributed by atoms with E-state index in [1.165, 1.54) is 109 Å². The fourth-order valence-corrected chi connectivity index (χ4v) is 11.8. The lowest BCUT2D eigenvalue weighted by Gasteiger charge is -2.65. The number of nitrogens with one attached hydrogen (secondary N) is 1. The molecule has 0 saturated heterocycles. The van der Waals surface area contributed by atoms with Crippen LogP contribution in [0.1, 0.15) is 252 Å². The van der Waals surface area contributed by atoms with Crippen LogP contribution in [0.3, 0.4) is 0 Å². The summed E-state index contributed by atoms with van der Waals surface area (Å²) in [5.41, 5.74) is 6.50. The van der Waals surface area contributed by atoms with Gasteiger partial charge in [-0.2, -0.15) is 0 Å². The SMILES string of the molecule is CCCCCCCCC=CCCCCCCCC(=O)OCC(COC(=O)CC(N)C(=O)NC12CC3CC(C)(CC(C)(C3)C1)C2)OC(=O)CCCCCCCC=CCCCCCCCC. The van der Waals surface area contributed by atoms with Crippen molar-refractivity contribution in [2.75, 3.05) is 13.2 Å². The second-order valence-corrected chi connectivity index (χ2v) is 21.4. The fourth-order valence-electron chi connectivity index (χ4n) is 11.8. The van der Waals surface area contributed by atoms with E-state index < -0.39 is 24.1 Å². The van der Waals surface area contributed by atoms with Crippen LogP contribution in [0, 0.1) is 16.7 Å². The number of unbranched alkanes of at least 4 members (excludes halogenated alkanes) is 22. The number of ether oxygens (including phenoxy) is 3. The Bertz CT molecular complexity index is 1360. The van der Waals surface area contributed by atoms with Gasteiger partial charge in [-0.3, -0.25) is 19.2 Å². The molecule has 1 amide bonds. The summed E-state index contributed by atoms with van der Waals surface area (Å²) in [7, 11) is 0. The molecule has 4 atom stereocenters. The zero-order valence-electron chi connectivity index (χ0n) is 41.6. The van der Waals surface area contributed by atoms with Crippen LogP contribution in [0.5, 0.6) is 0 Å². The van der Waals surface area contributed by atoms with Gasteiger partial charge >= 0.3 is 17.9 Å². The summed E-state index contributed by atoms with van der Waals surface area (Å²) in [4.78, 5) is 52.0. The molecule has 0 radical (unpaired) electrons. The maximum atomic E-state index is 13.4. The third-order valence-corrected chi connectivity index (χ3v) is 14.2. The Labute approximate surface area is 391 Å². The van der Waals surface area contributed by atoms with Crippen molar-refractivity contribution in [2.45, 2.75) is 270 Å². The summed E-state index contributed by atoms with van der Waals surface area (Å²) >= 11 is 0. The number of hydrogen-bond donors (Lipinski definition) is 2. The molecule has 0 spiro atoms. The van der Waals surface area contributed by atoms with E-state index in [1.807, 2.05) is 0 Å². The van der Waals surface area contributed by atoms with Crippen molar-refractivity contribution in [2.24, 2.45) is 22.5 Å². The molecule has 9 nitrogen and oxygen atoms in total. The van der Waals surface area contributed by atoms with Crippen LogP contribution in [0.15, 0.2) is 24.3 Å². The lowest BCUT2D eigenvalue weighted by atomic mass is 9.43. The molecule has 4 saturated carbocycles. The molecule has 9 heteroatoms. The van der Waals surface area contributed by atoms with Gasteiger partial charge in [-0.15, -0.1) is 0 Å². The zero-order valence-corrected chi connectivity index (χ0v) is 41.6. The summed E-state index contributed by atoms with van der Waals surface area (Å²) in [5.74, 6) is -1.11. The van der Waals surface area contributed by atoms with Crippen molar-refractivity contribution in [1.29, 1.82) is 0 Å². The number of nitrogens with two attached hydrogens (primary N) is 1. The second kappa shape index (κ2) is 32.1. The molecule has 0 aromatic heterocycles. The van der Waals surface area contributed by atoms with Crippen LogP contribution in [0.4, 0.5) is 0 Å². The van der Waals surface area contributed by atoms with Crippen LogP contribution < -0.4 is 11.1 Å². The molecule has 4 bridgehead atoms. The number of allylic oxidation sites excluding steroid dienone is 4. The van der Waals surface area contributed by atoms with E-state index in [-0.39, 0.29) is 60.7 Å². The van der Waals surface area contributed by atoms with E-state index in [0.717, 1.165) is 89.9 Å². The van der Waals surface area contributed by atoms with E-state index in [2.05, 4.69) is 57.3 Å². The molecular weight excluding hydrogens is 801 g/mol. The van der Waals surface area contributed by atoms with Gasteiger partial charge in [0.2, 0.25) is 5.91 Å². The van der Waals surface area contributed by atoms with Crippen LogP contribution >= 0.6 is 0 Å². The first-order chi connectivity index (χ1) is 30.9. The molecule has 4 aliphatic rings. The fraction of sp³-hybridized carbons (Fsp3) is 0.855. The van der Waals surface area contributed by atoms with Gasteiger partial charge < -0.3 is 25.3 Å². The zero-order chi connectivity index (χ0) is 46.4. The first kappa shape index (κ1) is 55.6. The first-order valence-corrected chi connectivity index (χ1v) is 26.8. The lowest BCUT2D eigenvalue weighted by molar-refractivity contribution is -0.167. The largest absolute Gasteiger partial charge is 0.462 e. The van der Waals surface area contributed by atoms with Crippen LogP contribution in [0.2, 0.25) is 0 Å². The Morgan fingerprint density at radius 1 is 0.547 bits per heavy atom. The van der Waals surface area contributed by atoms with Gasteiger partial charge in [0.05, 0.1) is 12.5 Å². The molecule has 4 rings (SSSR count). The molecular formula is C55H96N2O7.